The van der Waals surface area contributed by atoms with E-state index in [1.807, 2.05) is 48.5 Å². The van der Waals surface area contributed by atoms with Gasteiger partial charge < -0.3 is 9.84 Å². The zero-order valence-electron chi connectivity index (χ0n) is 20.8. The molecule has 1 aliphatic heterocycles. The summed E-state index contributed by atoms with van der Waals surface area (Å²) >= 11 is 0. The lowest BCUT2D eigenvalue weighted by molar-refractivity contribution is -0.132. The van der Waals surface area contributed by atoms with Crippen LogP contribution in [0, 0.1) is 0 Å². The van der Waals surface area contributed by atoms with Gasteiger partial charge in [-0.05, 0) is 52.8 Å². The highest BCUT2D eigenvalue weighted by Gasteiger charge is 2.47. The molecule has 0 aromatic heterocycles. The monoisotopic (exact) mass is 469 g/mol. The zero-order valence-corrected chi connectivity index (χ0v) is 20.8. The second-order valence-corrected chi connectivity index (χ2v) is 9.79. The van der Waals surface area contributed by atoms with Crippen molar-refractivity contribution in [1.82, 2.24) is 0 Å². The smallest absolute Gasteiger partial charge is 0.300 e. The number of ketones is 1. The molecule has 4 rings (SSSR count). The third-order valence-corrected chi connectivity index (χ3v) is 6.52. The Balaban J connectivity index is 1.88. The van der Waals surface area contributed by atoms with Gasteiger partial charge in [0, 0.05) is 11.3 Å². The van der Waals surface area contributed by atoms with E-state index in [4.69, 9.17) is 4.74 Å². The summed E-state index contributed by atoms with van der Waals surface area (Å²) in [6.45, 7) is 8.41. The molecular formula is C30H31NO4. The molecule has 1 heterocycles. The van der Waals surface area contributed by atoms with E-state index in [0.29, 0.717) is 22.6 Å². The predicted octanol–water partition coefficient (Wildman–Crippen LogP) is 6.18. The average Bonchev–Trinajstić information content (AvgIpc) is 3.13. The maximum Gasteiger partial charge on any atom is 0.300 e. The minimum Gasteiger partial charge on any atom is -0.507 e. The lowest BCUT2D eigenvalue weighted by atomic mass is 9.87. The first-order valence-electron chi connectivity index (χ1n) is 11.8. The van der Waals surface area contributed by atoms with Crippen LogP contribution in [0.3, 0.4) is 0 Å². The van der Waals surface area contributed by atoms with E-state index in [-0.39, 0.29) is 16.7 Å². The number of rotatable bonds is 5. The minimum absolute atomic E-state index is 0.0489. The van der Waals surface area contributed by atoms with Gasteiger partial charge in [0.15, 0.2) is 0 Å². The van der Waals surface area contributed by atoms with Crippen molar-refractivity contribution >= 4 is 23.1 Å². The maximum atomic E-state index is 13.3. The Morgan fingerprint density at radius 2 is 1.51 bits per heavy atom. The van der Waals surface area contributed by atoms with Crippen LogP contribution < -0.4 is 9.64 Å². The number of aliphatic hydroxyl groups excluding tert-OH is 1. The van der Waals surface area contributed by atoms with Gasteiger partial charge in [0.2, 0.25) is 0 Å². The molecule has 5 nitrogen and oxygen atoms in total. The number of methoxy groups -OCH3 is 1. The van der Waals surface area contributed by atoms with Gasteiger partial charge in [-0.1, -0.05) is 76.2 Å². The minimum atomic E-state index is -0.771. The van der Waals surface area contributed by atoms with Crippen LogP contribution in [0.1, 0.15) is 56.0 Å². The molecule has 0 radical (unpaired) electrons. The molecule has 35 heavy (non-hydrogen) atoms. The van der Waals surface area contributed by atoms with Crippen LogP contribution in [0.15, 0.2) is 78.4 Å². The van der Waals surface area contributed by atoms with Crippen molar-refractivity contribution in [3.63, 3.8) is 0 Å². The quantitative estimate of drug-likeness (QED) is 0.275. The number of ether oxygens (including phenoxy) is 1. The first-order chi connectivity index (χ1) is 16.7. The van der Waals surface area contributed by atoms with Gasteiger partial charge in [-0.3, -0.25) is 14.5 Å². The van der Waals surface area contributed by atoms with Crippen LogP contribution in [-0.2, 0) is 21.4 Å². The summed E-state index contributed by atoms with van der Waals surface area (Å²) in [6.07, 6.45) is 0.863. The van der Waals surface area contributed by atoms with Crippen LogP contribution in [0.5, 0.6) is 5.75 Å². The van der Waals surface area contributed by atoms with Crippen LogP contribution in [-0.4, -0.2) is 23.9 Å². The topological polar surface area (TPSA) is 66.8 Å². The second kappa shape index (κ2) is 9.41. The van der Waals surface area contributed by atoms with Gasteiger partial charge in [-0.2, -0.15) is 0 Å². The molecule has 1 saturated heterocycles. The molecule has 0 spiro atoms. The van der Waals surface area contributed by atoms with Crippen molar-refractivity contribution < 1.29 is 19.4 Å². The van der Waals surface area contributed by atoms with Gasteiger partial charge in [0.25, 0.3) is 11.7 Å². The third kappa shape index (κ3) is 4.59. The summed E-state index contributed by atoms with van der Waals surface area (Å²) in [5.41, 5.74) is 4.07. The number of hydrogen-bond acceptors (Lipinski definition) is 4. The Kier molecular flexibility index (Phi) is 6.53. The fourth-order valence-corrected chi connectivity index (χ4v) is 4.38. The number of aliphatic hydroxyl groups is 1. The number of hydrogen-bond donors (Lipinski definition) is 1. The fourth-order valence-electron chi connectivity index (χ4n) is 4.38. The van der Waals surface area contributed by atoms with Gasteiger partial charge in [0.1, 0.15) is 11.5 Å². The van der Waals surface area contributed by atoms with Crippen LogP contribution >= 0.6 is 0 Å². The van der Waals surface area contributed by atoms with Crippen LogP contribution in [0.4, 0.5) is 5.69 Å². The van der Waals surface area contributed by atoms with Crippen molar-refractivity contribution in [3.8, 4) is 5.75 Å². The van der Waals surface area contributed by atoms with E-state index in [1.165, 1.54) is 4.90 Å². The average molecular weight is 470 g/mol. The van der Waals surface area contributed by atoms with Crippen molar-refractivity contribution in [2.75, 3.05) is 12.0 Å². The molecule has 0 aliphatic carbocycles. The molecular weight excluding hydrogens is 438 g/mol. The molecule has 1 fully saturated rings. The number of benzene rings is 3. The highest BCUT2D eigenvalue weighted by atomic mass is 16.5. The fraction of sp³-hybridized carbons (Fsp3) is 0.267. The number of nitrogens with zero attached hydrogens (tertiary/aromatic N) is 1. The largest absolute Gasteiger partial charge is 0.507 e. The van der Waals surface area contributed by atoms with Gasteiger partial charge >= 0.3 is 0 Å². The molecule has 1 N–H and O–H groups in total. The molecule has 0 bridgehead atoms. The Labute approximate surface area is 206 Å². The normalized spacial score (nSPS) is 17.6. The maximum absolute atomic E-state index is 13.3. The van der Waals surface area contributed by atoms with Gasteiger partial charge in [-0.15, -0.1) is 0 Å². The highest BCUT2D eigenvalue weighted by molar-refractivity contribution is 6.51. The van der Waals surface area contributed by atoms with E-state index in [9.17, 15) is 14.7 Å². The predicted molar refractivity (Wildman–Crippen MR) is 139 cm³/mol. The Morgan fingerprint density at radius 3 is 2.03 bits per heavy atom. The summed E-state index contributed by atoms with van der Waals surface area (Å²) in [5.74, 6) is -0.889. The number of anilines is 1. The van der Waals surface area contributed by atoms with E-state index in [2.05, 4.69) is 27.7 Å². The number of aryl methyl sites for hydroxylation is 1. The lowest BCUT2D eigenvalue weighted by Crippen LogP contribution is -2.29. The molecule has 1 aliphatic rings. The lowest BCUT2D eigenvalue weighted by Gasteiger charge is -2.27. The second-order valence-electron chi connectivity index (χ2n) is 9.79. The summed E-state index contributed by atoms with van der Waals surface area (Å²) in [5, 5.41) is 11.3. The number of amides is 1. The Bertz CT molecular complexity index is 1260. The van der Waals surface area contributed by atoms with Crippen molar-refractivity contribution in [2.24, 2.45) is 0 Å². The Morgan fingerprint density at radius 1 is 0.914 bits per heavy atom. The van der Waals surface area contributed by atoms with Crippen molar-refractivity contribution in [3.05, 3.63) is 101 Å². The molecule has 3 aromatic rings. The molecule has 180 valence electrons. The number of carbonyl (C=O) groups excluding carboxylic acids is 2. The molecule has 1 amide bonds. The van der Waals surface area contributed by atoms with E-state index in [1.54, 1.807) is 31.4 Å². The van der Waals surface area contributed by atoms with Crippen molar-refractivity contribution in [2.45, 2.75) is 45.6 Å². The standard InChI is InChI=1S/C30H31NO4/c1-6-19-7-9-21(10-8-19)27(32)25-26(20-11-17-24(35-5)18-12-20)31(29(34)28(25)33)23-15-13-22(14-16-23)30(2,3)4/h7-18,26,32H,6H2,1-5H3/b27-25+. The Hall–Kier alpha value is -3.86. The molecule has 0 saturated carbocycles. The third-order valence-electron chi connectivity index (χ3n) is 6.52. The molecule has 3 aromatic carbocycles. The summed E-state index contributed by atoms with van der Waals surface area (Å²) in [4.78, 5) is 28.1. The number of carbonyl (C=O) groups is 2. The SMILES string of the molecule is CCc1ccc(/C(O)=C2\C(=O)C(=O)N(c3ccc(C(C)(C)C)cc3)C2c2ccc(OC)cc2)cc1. The van der Waals surface area contributed by atoms with Gasteiger partial charge in [0.05, 0.1) is 18.7 Å². The highest BCUT2D eigenvalue weighted by Crippen LogP contribution is 2.42. The zero-order chi connectivity index (χ0) is 25.3. The van der Waals surface area contributed by atoms with Crippen molar-refractivity contribution in [1.29, 1.82) is 0 Å². The number of Topliss-reactive ketones (excluding diaryl/α,β-unsaturated/α-hetero) is 1. The van der Waals surface area contributed by atoms with Crippen LogP contribution in [0.2, 0.25) is 0 Å². The van der Waals surface area contributed by atoms with Gasteiger partial charge in [-0.25, -0.2) is 0 Å². The van der Waals surface area contributed by atoms with E-state index >= 15 is 0 Å². The summed E-state index contributed by atoms with van der Waals surface area (Å²) in [6, 6.07) is 21.5. The molecule has 1 unspecified atom stereocenters. The first-order valence-corrected chi connectivity index (χ1v) is 11.8. The summed E-state index contributed by atoms with van der Waals surface area (Å²) < 4.78 is 5.29. The first kappa shape index (κ1) is 24.3. The van der Waals surface area contributed by atoms with E-state index < -0.39 is 17.7 Å². The molecule has 1 atom stereocenters. The summed E-state index contributed by atoms with van der Waals surface area (Å²) in [7, 11) is 1.58. The van der Waals surface area contributed by atoms with E-state index in [0.717, 1.165) is 17.5 Å². The molecule has 5 heteroatoms. The van der Waals surface area contributed by atoms with Crippen LogP contribution in [0.25, 0.3) is 5.76 Å².